The van der Waals surface area contributed by atoms with Gasteiger partial charge >= 0.3 is 71.6 Å². The summed E-state index contributed by atoms with van der Waals surface area (Å²) in [5, 5.41) is 17.5. The Balaban J connectivity index is 0.0000000831. The predicted octanol–water partition coefficient (Wildman–Crippen LogP) is 4.62. The Morgan fingerprint density at radius 3 is 1.42 bits per heavy atom. The first-order valence-electron chi connectivity index (χ1n) is 45.7. The molecule has 0 amide bonds. The lowest BCUT2D eigenvalue weighted by Crippen LogP contribution is -2.45. The van der Waals surface area contributed by atoms with Crippen LogP contribution in [0.1, 0.15) is 153 Å². The number of esters is 12. The molecule has 50 atom stereocenters. The second-order valence-electron chi connectivity index (χ2n) is 44.4. The molecule has 18 aliphatic heterocycles. The van der Waals surface area contributed by atoms with E-state index < -0.39 is 86.5 Å². The summed E-state index contributed by atoms with van der Waals surface area (Å²) in [6, 6.07) is 4.28. The third-order valence-electron chi connectivity index (χ3n) is 38.6. The Bertz CT molecular complexity index is 4840. The molecule has 33 nitrogen and oxygen atoms in total. The van der Waals surface area contributed by atoms with Crippen LogP contribution in [-0.4, -0.2) is 213 Å². The van der Waals surface area contributed by atoms with Crippen molar-refractivity contribution in [3.63, 3.8) is 0 Å². The topological polar surface area (TPSA) is 443 Å². The van der Waals surface area contributed by atoms with Gasteiger partial charge in [0.15, 0.2) is 29.1 Å². The highest BCUT2D eigenvalue weighted by atomic mass is 32.2. The van der Waals surface area contributed by atoms with Crippen molar-refractivity contribution >= 4 is 81.7 Å². The van der Waals surface area contributed by atoms with Crippen LogP contribution in [0.25, 0.3) is 0 Å². The highest BCUT2D eigenvalue weighted by Gasteiger charge is 2.79. The molecule has 124 heavy (non-hydrogen) atoms. The van der Waals surface area contributed by atoms with E-state index in [0.29, 0.717) is 37.0 Å². The molecule has 50 unspecified atom stereocenters. The van der Waals surface area contributed by atoms with Gasteiger partial charge in [-0.25, -0.2) is 0 Å². The minimum atomic E-state index is -3.64. The van der Waals surface area contributed by atoms with Crippen LogP contribution in [0, 0.1) is 204 Å². The van der Waals surface area contributed by atoms with Gasteiger partial charge in [0.05, 0.1) is 95.7 Å². The molecular formula is C90H104N2O31S. The molecular weight excluding hydrogens is 1640 g/mol. The first-order chi connectivity index (χ1) is 58.9. The minimum absolute atomic E-state index is 0.00409. The highest BCUT2D eigenvalue weighted by molar-refractivity contribution is 7.87. The summed E-state index contributed by atoms with van der Waals surface area (Å²) >= 11 is 0. The van der Waals surface area contributed by atoms with Crippen molar-refractivity contribution in [2.24, 2.45) is 181 Å². The van der Waals surface area contributed by atoms with Gasteiger partial charge in [-0.2, -0.15) is 18.9 Å². The van der Waals surface area contributed by atoms with Gasteiger partial charge < -0.3 is 75.8 Å². The average Bonchev–Trinajstić information content (AvgIpc) is 1.51. The molecule has 30 rings (SSSR count). The normalized spacial score (nSPS) is 56.4. The SMILES string of the molecule is CC1(C)C2CC3(C#N)C(=O)OC1C3O2.CC1(C)C2CC3C(=O)OC1C3C2.CC1(C)C2CC3C(=O)OC1C3O2.CC1C2CC3C1OC(=O)C3(C#N)C2.CC1C2CC3C1OC(=O)C3C2C(=O)OC1C2CC3C(=O)OC1C3C2.CC1C2CC3C1OC(=O)C3C2C(=O)OC1C2CC3C(=O)OC1C3O2.CC1C2CC3C1OC(=O)C3C2C(=O)OC1C2CC3C(O2)C1OS3(=O)=O. The number of hydrogen-bond acceptors (Lipinski definition) is 33. The zero-order valence-electron chi connectivity index (χ0n) is 70.4. The van der Waals surface area contributed by atoms with E-state index in [0.717, 1.165) is 63.7 Å². The molecule has 0 aromatic heterocycles. The van der Waals surface area contributed by atoms with E-state index in [-0.39, 0.29) is 286 Å². The van der Waals surface area contributed by atoms with Crippen LogP contribution in [0.4, 0.5) is 0 Å². The van der Waals surface area contributed by atoms with E-state index in [1.165, 1.54) is 6.42 Å². The summed E-state index contributed by atoms with van der Waals surface area (Å²) in [4.78, 5) is 145. The fourth-order valence-electron chi connectivity index (χ4n) is 32.2. The number of ether oxygens (including phenoxy) is 16. The number of nitriles is 2. The van der Waals surface area contributed by atoms with Crippen LogP contribution in [0.5, 0.6) is 0 Å². The second-order valence-corrected chi connectivity index (χ2v) is 46.2. The van der Waals surface area contributed by atoms with E-state index in [4.69, 9.17) is 90.5 Å². The molecule has 0 N–H and O–H groups in total. The molecule has 0 spiro atoms. The fourth-order valence-corrected chi connectivity index (χ4v) is 33.8. The Morgan fingerprint density at radius 1 is 0.363 bits per heavy atom. The van der Waals surface area contributed by atoms with Crippen molar-refractivity contribution in [1.82, 2.24) is 0 Å². The predicted molar refractivity (Wildman–Crippen MR) is 402 cm³/mol. The lowest BCUT2D eigenvalue weighted by molar-refractivity contribution is -0.170. The third-order valence-corrected chi connectivity index (χ3v) is 40.3. The summed E-state index contributed by atoms with van der Waals surface area (Å²) in [7, 11) is -3.64. The number of nitrogens with zero attached hydrogens (tertiary/aromatic N) is 2. The average molecular weight is 1740 g/mol. The Morgan fingerprint density at radius 2 is 0.863 bits per heavy atom. The second kappa shape index (κ2) is 26.1. The van der Waals surface area contributed by atoms with E-state index in [1.807, 2.05) is 20.8 Å². The molecule has 0 aromatic carbocycles. The minimum Gasteiger partial charge on any atom is -0.462 e. The van der Waals surface area contributed by atoms with E-state index in [9.17, 15) is 66.0 Å². The summed E-state index contributed by atoms with van der Waals surface area (Å²) < 4.78 is 118. The molecule has 666 valence electrons. The van der Waals surface area contributed by atoms with Crippen molar-refractivity contribution in [2.45, 2.75) is 286 Å². The zero-order chi connectivity index (χ0) is 86.3. The molecule has 18 saturated heterocycles. The molecule has 30 aliphatic rings. The lowest BCUT2D eigenvalue weighted by Gasteiger charge is -2.32. The molecule has 34 heteroatoms. The summed E-state index contributed by atoms with van der Waals surface area (Å²) in [5.41, 5.74) is -1.59. The van der Waals surface area contributed by atoms with Gasteiger partial charge in [0.1, 0.15) is 90.7 Å². The monoisotopic (exact) mass is 1740 g/mol. The quantitative estimate of drug-likeness (QED) is 0.199. The van der Waals surface area contributed by atoms with Crippen LogP contribution in [0.2, 0.25) is 0 Å². The van der Waals surface area contributed by atoms with Crippen LogP contribution >= 0.6 is 0 Å². The molecule has 30 fully saturated rings. The van der Waals surface area contributed by atoms with E-state index in [1.54, 1.807) is 0 Å². The maximum absolute atomic E-state index is 12.9. The highest BCUT2D eigenvalue weighted by Crippen LogP contribution is 2.69. The Labute approximate surface area is 714 Å². The summed E-state index contributed by atoms with van der Waals surface area (Å²) in [6.07, 6.45) is 5.90. The van der Waals surface area contributed by atoms with Crippen LogP contribution in [0.15, 0.2) is 0 Å². The number of rotatable bonds is 6. The number of fused-ring (bicyclic) bond motifs is 10. The molecule has 12 saturated carbocycles. The fraction of sp³-hybridized carbons (Fsp3) is 0.844. The van der Waals surface area contributed by atoms with Gasteiger partial charge in [0.25, 0.3) is 10.1 Å². The van der Waals surface area contributed by atoms with Gasteiger partial charge in [-0.3, -0.25) is 61.7 Å². The van der Waals surface area contributed by atoms with Gasteiger partial charge in [0, 0.05) is 64.1 Å². The van der Waals surface area contributed by atoms with Crippen molar-refractivity contribution < 1.29 is 146 Å². The van der Waals surface area contributed by atoms with Crippen molar-refractivity contribution in [1.29, 1.82) is 10.5 Å². The van der Waals surface area contributed by atoms with Crippen LogP contribution in [-0.2, 0) is 148 Å². The largest absolute Gasteiger partial charge is 0.462 e. The zero-order valence-corrected chi connectivity index (χ0v) is 71.2. The maximum atomic E-state index is 12.9. The van der Waals surface area contributed by atoms with Crippen molar-refractivity contribution in [2.75, 3.05) is 0 Å². The van der Waals surface area contributed by atoms with Crippen molar-refractivity contribution in [3.8, 4) is 12.1 Å². The molecule has 12 aliphatic carbocycles. The summed E-state index contributed by atoms with van der Waals surface area (Å²) in [6.45, 7) is 21.1. The lowest BCUT2D eigenvalue weighted by atomic mass is 9.66. The third kappa shape index (κ3) is 10.2. The Kier molecular flexibility index (Phi) is 16.8. The number of carbonyl (C=O) groups is 12. The smallest absolute Gasteiger partial charge is 0.329 e. The molecule has 20 bridgehead atoms. The molecule has 0 radical (unpaired) electrons. The van der Waals surface area contributed by atoms with E-state index in [2.05, 4.69) is 60.6 Å². The molecule has 0 aromatic rings. The number of carbonyl (C=O) groups excluding carboxylic acids is 12. The standard InChI is InChI=1S/C18H20O6.C17H18O7.C16H18O8S.C10H11NO3.C10H11NO2.C10H14O2.C9H12O3/c1-5-7-4-10-12(18(21)22-13(5)10)11(7)17(20)23-14-6-2-8-9(3-6)16(19)24-15(8)14;1-4-5-2-6-10(17(20)22-11(4)6)9(5)16(19)23-13-8-3-7-12(21-8)14(13)24-15(7)18;1-4-5-2-6-10(16(18)22-11(4)6)9(5)15(17)23-12-7-3-8-13(21-7)14(12)24-25(8,19)20;1-9(2)5-3-10(4-11)7(13-5)6(9)14-8(10)12;1-5-6-2-7-8(5)13-9(12)10(7,3-6)4-11;1-10(2)5-3-6-7(4-5)9(11)12-8(6)10;1-9(2)5-3-4-6(11-5)7(9)12-8(4)10/h5-15H,2-4H2,1H3;4-14H,2-3H2,1H3;4-14H,2-3H2,1H3;5-7H,3H2,1-2H3;5-8H,2-3H2,1H3;5-8H,3-4H2,1-2H3;4-7H,3H2,1-2H3. The van der Waals surface area contributed by atoms with Gasteiger partial charge in [0.2, 0.25) is 0 Å². The van der Waals surface area contributed by atoms with Crippen LogP contribution < -0.4 is 0 Å². The maximum Gasteiger partial charge on any atom is 0.329 e. The van der Waals surface area contributed by atoms with Gasteiger partial charge in [-0.15, -0.1) is 0 Å². The van der Waals surface area contributed by atoms with Crippen molar-refractivity contribution in [3.05, 3.63) is 0 Å². The Hall–Kier alpha value is -7.63. The number of hydrogen-bond donors (Lipinski definition) is 0. The first kappa shape index (κ1) is 79.7. The van der Waals surface area contributed by atoms with Crippen LogP contribution in [0.3, 0.4) is 0 Å². The molecule has 18 heterocycles. The summed E-state index contributed by atoms with van der Waals surface area (Å²) in [5.74, 6) is -0.676. The van der Waals surface area contributed by atoms with E-state index >= 15 is 0 Å². The first-order valence-corrected chi connectivity index (χ1v) is 47.2. The van der Waals surface area contributed by atoms with Gasteiger partial charge in [-0.1, -0.05) is 69.2 Å². The van der Waals surface area contributed by atoms with Gasteiger partial charge in [-0.05, 0) is 130 Å².